The predicted molar refractivity (Wildman–Crippen MR) is 145 cm³/mol. The van der Waals surface area contributed by atoms with Crippen LogP contribution in [0.2, 0.25) is 0 Å². The number of rotatable bonds is 5. The molecule has 0 spiro atoms. The standard InChI is InChI=1S/C32H42O7/c1-19(33)24-15-17-32(37)25-12-11-22-18-23(35)14-16-30(22,3)27(25)28(29(31(24,32)4)38-20(2)34)39-26(36)13-10-21-8-6-5-7-9-21/h5-10,13,22-25,27-29,35,37H,11-12,14-18H2,1-4H3/b13-10+. The van der Waals surface area contributed by atoms with Gasteiger partial charge in [-0.05, 0) is 80.8 Å². The van der Waals surface area contributed by atoms with Crippen molar-refractivity contribution in [3.63, 3.8) is 0 Å². The number of fused-ring (bicyclic) bond motifs is 5. The number of ether oxygens (including phenoxy) is 2. The molecule has 4 fully saturated rings. The average Bonchev–Trinajstić information content (AvgIpc) is 3.17. The third-order valence-electron chi connectivity index (χ3n) is 11.1. The van der Waals surface area contributed by atoms with Gasteiger partial charge in [0.2, 0.25) is 0 Å². The summed E-state index contributed by atoms with van der Waals surface area (Å²) in [4.78, 5) is 38.9. The molecule has 10 atom stereocenters. The molecule has 10 unspecified atom stereocenters. The van der Waals surface area contributed by atoms with Crippen LogP contribution in [-0.2, 0) is 23.9 Å². The monoisotopic (exact) mass is 538 g/mol. The van der Waals surface area contributed by atoms with Crippen molar-refractivity contribution in [2.24, 2.45) is 34.5 Å². The number of hydrogen-bond acceptors (Lipinski definition) is 7. The zero-order chi connectivity index (χ0) is 28.2. The minimum Gasteiger partial charge on any atom is -0.458 e. The molecular weight excluding hydrogens is 496 g/mol. The highest BCUT2D eigenvalue weighted by molar-refractivity contribution is 5.87. The Kier molecular flexibility index (Phi) is 7.30. The second-order valence-corrected chi connectivity index (χ2v) is 12.9. The van der Waals surface area contributed by atoms with Crippen molar-refractivity contribution < 1.29 is 34.1 Å². The van der Waals surface area contributed by atoms with E-state index in [2.05, 4.69) is 6.92 Å². The highest BCUT2D eigenvalue weighted by atomic mass is 16.6. The van der Waals surface area contributed by atoms with Crippen LogP contribution >= 0.6 is 0 Å². The number of aliphatic hydroxyl groups is 2. The largest absolute Gasteiger partial charge is 0.458 e. The molecule has 4 aliphatic rings. The van der Waals surface area contributed by atoms with Gasteiger partial charge in [0, 0.05) is 30.3 Å². The Morgan fingerprint density at radius 1 is 0.974 bits per heavy atom. The fourth-order valence-corrected chi connectivity index (χ4v) is 9.27. The van der Waals surface area contributed by atoms with E-state index < -0.39 is 41.1 Å². The van der Waals surface area contributed by atoms with Crippen molar-refractivity contribution in [1.82, 2.24) is 0 Å². The van der Waals surface area contributed by atoms with Crippen LogP contribution in [0, 0.1) is 34.5 Å². The summed E-state index contributed by atoms with van der Waals surface area (Å²) in [7, 11) is 0. The summed E-state index contributed by atoms with van der Waals surface area (Å²) in [5, 5.41) is 23.1. The van der Waals surface area contributed by atoms with Gasteiger partial charge in [-0.25, -0.2) is 4.79 Å². The van der Waals surface area contributed by atoms with Gasteiger partial charge < -0.3 is 19.7 Å². The summed E-state index contributed by atoms with van der Waals surface area (Å²) in [6, 6.07) is 9.45. The van der Waals surface area contributed by atoms with E-state index in [-0.39, 0.29) is 35.1 Å². The molecule has 0 amide bonds. The Labute approximate surface area is 231 Å². The smallest absolute Gasteiger partial charge is 0.331 e. The van der Waals surface area contributed by atoms with Crippen LogP contribution in [-0.4, -0.2) is 51.8 Å². The summed E-state index contributed by atoms with van der Waals surface area (Å²) < 4.78 is 12.3. The van der Waals surface area contributed by atoms with Gasteiger partial charge in [0.05, 0.1) is 11.7 Å². The number of carbonyl (C=O) groups is 3. The molecule has 2 N–H and O–H groups in total. The van der Waals surface area contributed by atoms with E-state index in [0.717, 1.165) is 18.4 Å². The Balaban J connectivity index is 1.61. The lowest BCUT2D eigenvalue weighted by Gasteiger charge is -2.66. The molecule has 39 heavy (non-hydrogen) atoms. The number of Topliss-reactive ketones (excluding diaryl/α,β-unsaturated/α-hetero) is 1. The lowest BCUT2D eigenvalue weighted by Crippen LogP contribution is -2.73. The number of benzene rings is 1. The molecule has 0 bridgehead atoms. The molecule has 1 aromatic carbocycles. The van der Waals surface area contributed by atoms with Crippen molar-refractivity contribution in [1.29, 1.82) is 0 Å². The molecule has 0 aliphatic heterocycles. The molecule has 0 radical (unpaired) electrons. The van der Waals surface area contributed by atoms with E-state index in [0.29, 0.717) is 32.1 Å². The fraction of sp³-hybridized carbons (Fsp3) is 0.656. The topological polar surface area (TPSA) is 110 Å². The maximum atomic E-state index is 13.4. The predicted octanol–water partition coefficient (Wildman–Crippen LogP) is 4.49. The first-order valence-electron chi connectivity index (χ1n) is 14.4. The first-order chi connectivity index (χ1) is 18.4. The van der Waals surface area contributed by atoms with E-state index in [4.69, 9.17) is 9.47 Å². The number of ketones is 1. The molecule has 0 saturated heterocycles. The highest BCUT2D eigenvalue weighted by Gasteiger charge is 2.75. The minimum atomic E-state index is -1.25. The SMILES string of the molecule is CC(=O)OC1C(OC(=O)/C=C/c2ccccc2)C2C(CCC3CC(O)CCC32C)C2(O)CCC(C(C)=O)C12C. The molecule has 0 heterocycles. The van der Waals surface area contributed by atoms with Crippen LogP contribution in [0.15, 0.2) is 36.4 Å². The lowest BCUT2D eigenvalue weighted by molar-refractivity contribution is -0.290. The van der Waals surface area contributed by atoms with Crippen LogP contribution in [0.4, 0.5) is 0 Å². The molecule has 7 heteroatoms. The Hall–Kier alpha value is -2.51. The van der Waals surface area contributed by atoms with Crippen molar-refractivity contribution in [2.45, 2.75) is 96.6 Å². The van der Waals surface area contributed by atoms with Crippen molar-refractivity contribution >= 4 is 23.8 Å². The summed E-state index contributed by atoms with van der Waals surface area (Å²) in [6.07, 6.45) is 5.41. The van der Waals surface area contributed by atoms with Crippen molar-refractivity contribution in [3.05, 3.63) is 42.0 Å². The number of esters is 2. The Morgan fingerprint density at radius 2 is 1.69 bits per heavy atom. The van der Waals surface area contributed by atoms with E-state index in [1.54, 1.807) is 6.08 Å². The Morgan fingerprint density at radius 3 is 2.36 bits per heavy atom. The third kappa shape index (κ3) is 4.46. The van der Waals surface area contributed by atoms with Crippen molar-refractivity contribution in [3.8, 4) is 0 Å². The molecule has 5 rings (SSSR count). The molecule has 4 aliphatic carbocycles. The average molecular weight is 539 g/mol. The van der Waals surface area contributed by atoms with E-state index >= 15 is 0 Å². The zero-order valence-corrected chi connectivity index (χ0v) is 23.5. The van der Waals surface area contributed by atoms with Gasteiger partial charge in [0.1, 0.15) is 18.0 Å². The maximum absolute atomic E-state index is 13.4. The van der Waals surface area contributed by atoms with E-state index in [9.17, 15) is 24.6 Å². The number of hydrogen-bond donors (Lipinski definition) is 2. The second-order valence-electron chi connectivity index (χ2n) is 12.9. The highest BCUT2D eigenvalue weighted by Crippen LogP contribution is 2.70. The van der Waals surface area contributed by atoms with Crippen LogP contribution in [0.25, 0.3) is 6.08 Å². The molecule has 1 aromatic rings. The normalized spacial score (nSPS) is 43.2. The number of carbonyl (C=O) groups excluding carboxylic acids is 3. The van der Waals surface area contributed by atoms with Gasteiger partial charge in [-0.2, -0.15) is 0 Å². The van der Waals surface area contributed by atoms with Gasteiger partial charge >= 0.3 is 11.9 Å². The second kappa shape index (κ2) is 10.2. The van der Waals surface area contributed by atoms with Crippen LogP contribution < -0.4 is 0 Å². The third-order valence-corrected chi connectivity index (χ3v) is 11.1. The summed E-state index contributed by atoms with van der Waals surface area (Å²) in [6.45, 7) is 6.90. The fourth-order valence-electron chi connectivity index (χ4n) is 9.27. The summed E-state index contributed by atoms with van der Waals surface area (Å²) >= 11 is 0. The van der Waals surface area contributed by atoms with E-state index in [1.807, 2.05) is 37.3 Å². The van der Waals surface area contributed by atoms with E-state index in [1.165, 1.54) is 19.9 Å². The minimum absolute atomic E-state index is 0.0567. The van der Waals surface area contributed by atoms with Gasteiger partial charge in [-0.3, -0.25) is 9.59 Å². The van der Waals surface area contributed by atoms with Gasteiger partial charge in [0.25, 0.3) is 0 Å². The molecule has 212 valence electrons. The first kappa shape index (κ1) is 28.0. The van der Waals surface area contributed by atoms with Crippen LogP contribution in [0.1, 0.15) is 78.2 Å². The Bertz CT molecular complexity index is 1150. The molecule has 4 saturated carbocycles. The van der Waals surface area contributed by atoms with Gasteiger partial charge in [-0.15, -0.1) is 0 Å². The molecular formula is C32H42O7. The lowest BCUT2D eigenvalue weighted by atomic mass is 9.41. The first-order valence-corrected chi connectivity index (χ1v) is 14.4. The quantitative estimate of drug-likeness (QED) is 0.420. The van der Waals surface area contributed by atoms with Crippen molar-refractivity contribution in [2.75, 3.05) is 0 Å². The summed E-state index contributed by atoms with van der Waals surface area (Å²) in [5.41, 5.74) is -1.83. The molecule has 0 aromatic heterocycles. The summed E-state index contributed by atoms with van der Waals surface area (Å²) in [5.74, 6) is -1.98. The van der Waals surface area contributed by atoms with Gasteiger partial charge in [0.15, 0.2) is 0 Å². The zero-order valence-electron chi connectivity index (χ0n) is 23.5. The van der Waals surface area contributed by atoms with Crippen LogP contribution in [0.5, 0.6) is 0 Å². The van der Waals surface area contributed by atoms with Crippen LogP contribution in [0.3, 0.4) is 0 Å². The number of aliphatic hydroxyl groups excluding tert-OH is 1. The molecule has 7 nitrogen and oxygen atoms in total. The van der Waals surface area contributed by atoms with Gasteiger partial charge in [-0.1, -0.05) is 44.2 Å². The maximum Gasteiger partial charge on any atom is 0.331 e.